The zero-order valence-electron chi connectivity index (χ0n) is 19.3. The second-order valence-corrected chi connectivity index (χ2v) is 13.6. The molecule has 1 saturated heterocycles. The lowest BCUT2D eigenvalue weighted by Gasteiger charge is -2.28. The lowest BCUT2D eigenvalue weighted by atomic mass is 10.0. The summed E-state index contributed by atoms with van der Waals surface area (Å²) in [6.07, 6.45) is 0.411. The zero-order valence-corrected chi connectivity index (χ0v) is 23.2. The third-order valence-corrected chi connectivity index (χ3v) is 10.4. The normalized spacial score (nSPS) is 16.9. The number of aryl methyl sites for hydroxylation is 1. The molecule has 0 spiro atoms. The third kappa shape index (κ3) is 5.15. The molecule has 0 N–H and O–H groups in total. The number of carbonyl (C=O) groups is 1. The molecule has 0 aliphatic carbocycles. The zero-order chi connectivity index (χ0) is 25.6. The van der Waals surface area contributed by atoms with Crippen molar-refractivity contribution in [3.8, 4) is 11.1 Å². The quantitative estimate of drug-likeness (QED) is 0.244. The van der Waals surface area contributed by atoms with Gasteiger partial charge in [0.05, 0.1) is 16.5 Å². The SMILES string of the molecule is Cc1ccc2c(Cl)c(C(=O)N(Cc3ccc(-c4ccc(Cl)cc4Cl)cc3)C3CCS(=O)(=O)C3)sc2c1. The predicted octanol–water partition coefficient (Wildman–Crippen LogP) is 7.67. The number of fused-ring (bicyclic) bond motifs is 1. The maximum absolute atomic E-state index is 13.8. The molecule has 0 bridgehead atoms. The molecule has 2 heterocycles. The molecule has 1 unspecified atom stereocenters. The van der Waals surface area contributed by atoms with E-state index in [-0.39, 0.29) is 24.0 Å². The summed E-state index contributed by atoms with van der Waals surface area (Å²) < 4.78 is 25.5. The Bertz CT molecular complexity index is 1580. The van der Waals surface area contributed by atoms with Gasteiger partial charge in [-0.15, -0.1) is 11.3 Å². The largest absolute Gasteiger partial charge is 0.330 e. The molecule has 0 radical (unpaired) electrons. The maximum atomic E-state index is 13.8. The van der Waals surface area contributed by atoms with Gasteiger partial charge in [0, 0.05) is 38.3 Å². The van der Waals surface area contributed by atoms with Crippen molar-refractivity contribution in [2.24, 2.45) is 0 Å². The van der Waals surface area contributed by atoms with E-state index in [4.69, 9.17) is 34.8 Å². The van der Waals surface area contributed by atoms with E-state index in [2.05, 4.69) is 0 Å². The van der Waals surface area contributed by atoms with E-state index in [1.807, 2.05) is 55.5 Å². The van der Waals surface area contributed by atoms with E-state index < -0.39 is 15.9 Å². The average Bonchev–Trinajstić information content (AvgIpc) is 3.36. The van der Waals surface area contributed by atoms with Gasteiger partial charge >= 0.3 is 0 Å². The summed E-state index contributed by atoms with van der Waals surface area (Å²) in [6, 6.07) is 18.6. The number of nitrogens with zero attached hydrogens (tertiary/aromatic N) is 1. The first kappa shape index (κ1) is 25.6. The molecule has 1 aromatic heterocycles. The van der Waals surface area contributed by atoms with Gasteiger partial charge in [0.15, 0.2) is 9.84 Å². The van der Waals surface area contributed by atoms with Gasteiger partial charge < -0.3 is 4.90 Å². The fourth-order valence-corrected chi connectivity index (χ4v) is 8.35. The minimum atomic E-state index is -3.19. The smallest absolute Gasteiger partial charge is 0.266 e. The van der Waals surface area contributed by atoms with Crippen molar-refractivity contribution in [3.05, 3.63) is 91.7 Å². The van der Waals surface area contributed by atoms with Gasteiger partial charge in [-0.25, -0.2) is 8.42 Å². The van der Waals surface area contributed by atoms with Gasteiger partial charge in [0.2, 0.25) is 0 Å². The molecule has 1 amide bonds. The van der Waals surface area contributed by atoms with Crippen LogP contribution < -0.4 is 0 Å². The van der Waals surface area contributed by atoms with Crippen LogP contribution >= 0.6 is 46.1 Å². The van der Waals surface area contributed by atoms with Gasteiger partial charge in [0.1, 0.15) is 4.88 Å². The summed E-state index contributed by atoms with van der Waals surface area (Å²) in [6.45, 7) is 2.27. The molecule has 0 saturated carbocycles. The van der Waals surface area contributed by atoms with Crippen molar-refractivity contribution in [3.63, 3.8) is 0 Å². The van der Waals surface area contributed by atoms with Crippen molar-refractivity contribution < 1.29 is 13.2 Å². The van der Waals surface area contributed by atoms with Crippen molar-refractivity contribution in [2.45, 2.75) is 25.9 Å². The minimum Gasteiger partial charge on any atom is -0.330 e. The van der Waals surface area contributed by atoms with Crippen molar-refractivity contribution in [1.82, 2.24) is 4.90 Å². The second kappa shape index (κ2) is 9.99. The molecule has 9 heteroatoms. The summed E-state index contributed by atoms with van der Waals surface area (Å²) in [7, 11) is -3.19. The summed E-state index contributed by atoms with van der Waals surface area (Å²) >= 11 is 20.4. The highest BCUT2D eigenvalue weighted by Gasteiger charge is 2.36. The highest BCUT2D eigenvalue weighted by atomic mass is 35.5. The standard InChI is InChI=1S/C27H22Cl3NO3S2/c1-16-2-8-22-24(12-16)35-26(25(22)30)27(32)31(20-10-11-36(33,34)15-20)14-17-3-5-18(6-4-17)21-9-7-19(28)13-23(21)29/h2-9,12-13,20H,10-11,14-15H2,1H3. The Morgan fingerprint density at radius 2 is 1.78 bits per heavy atom. The first-order valence-electron chi connectivity index (χ1n) is 11.4. The number of thiophene rings is 1. The molecular weight excluding hydrogens is 557 g/mol. The van der Waals surface area contributed by atoms with Gasteiger partial charge in [0.25, 0.3) is 5.91 Å². The number of amides is 1. The summed E-state index contributed by atoms with van der Waals surface area (Å²) in [5.74, 6) is -0.209. The van der Waals surface area contributed by atoms with Crippen molar-refractivity contribution >= 4 is 72.0 Å². The number of carbonyl (C=O) groups excluding carboxylic acids is 1. The molecule has 3 aromatic carbocycles. The van der Waals surface area contributed by atoms with Crippen LogP contribution in [0.2, 0.25) is 15.1 Å². The fraction of sp³-hybridized carbons (Fsp3) is 0.222. The minimum absolute atomic E-state index is 0.0428. The Labute approximate surface area is 229 Å². The number of halogens is 3. The van der Waals surface area contributed by atoms with E-state index in [0.29, 0.717) is 26.4 Å². The van der Waals surface area contributed by atoms with Crippen molar-refractivity contribution in [2.75, 3.05) is 11.5 Å². The Balaban J connectivity index is 1.47. The summed E-state index contributed by atoms with van der Waals surface area (Å²) in [5, 5.41) is 2.37. The first-order chi connectivity index (χ1) is 17.1. The van der Waals surface area contributed by atoms with Crippen LogP contribution in [0.4, 0.5) is 0 Å². The Hall–Kier alpha value is -2.09. The van der Waals surface area contributed by atoms with E-state index in [9.17, 15) is 13.2 Å². The molecule has 4 nitrogen and oxygen atoms in total. The molecule has 186 valence electrons. The average molecular weight is 579 g/mol. The topological polar surface area (TPSA) is 54.5 Å². The number of hydrogen-bond acceptors (Lipinski definition) is 4. The summed E-state index contributed by atoms with van der Waals surface area (Å²) in [4.78, 5) is 15.9. The molecule has 1 fully saturated rings. The van der Waals surface area contributed by atoms with Gasteiger partial charge in [-0.1, -0.05) is 77.3 Å². The van der Waals surface area contributed by atoms with E-state index in [1.54, 1.807) is 17.0 Å². The van der Waals surface area contributed by atoms with Gasteiger partial charge in [-0.2, -0.15) is 0 Å². The third-order valence-electron chi connectivity index (χ3n) is 6.44. The molecule has 36 heavy (non-hydrogen) atoms. The molecule has 1 aliphatic heterocycles. The first-order valence-corrected chi connectivity index (χ1v) is 15.1. The number of hydrogen-bond donors (Lipinski definition) is 0. The van der Waals surface area contributed by atoms with Crippen LogP contribution in [0.1, 0.15) is 27.2 Å². The van der Waals surface area contributed by atoms with Crippen LogP contribution in [-0.4, -0.2) is 36.8 Å². The molecular formula is C27H22Cl3NO3S2. The molecule has 1 atom stereocenters. The van der Waals surface area contributed by atoms with Crippen LogP contribution in [0.15, 0.2) is 60.7 Å². The van der Waals surface area contributed by atoms with Crippen LogP contribution in [0.5, 0.6) is 0 Å². The Kier molecular flexibility index (Phi) is 7.09. The van der Waals surface area contributed by atoms with Crippen molar-refractivity contribution in [1.29, 1.82) is 0 Å². The molecule has 5 rings (SSSR count). The number of rotatable bonds is 5. The second-order valence-electron chi connectivity index (χ2n) is 9.06. The number of benzene rings is 3. The van der Waals surface area contributed by atoms with Crippen LogP contribution in [0.3, 0.4) is 0 Å². The van der Waals surface area contributed by atoms with Crippen LogP contribution in [0.25, 0.3) is 21.2 Å². The number of sulfone groups is 1. The van der Waals surface area contributed by atoms with Crippen LogP contribution in [0, 0.1) is 6.92 Å². The summed E-state index contributed by atoms with van der Waals surface area (Å²) in [5.41, 5.74) is 3.74. The fourth-order valence-electron chi connectivity index (χ4n) is 4.54. The Morgan fingerprint density at radius 3 is 2.44 bits per heavy atom. The lowest BCUT2D eigenvalue weighted by Crippen LogP contribution is -2.40. The maximum Gasteiger partial charge on any atom is 0.266 e. The highest BCUT2D eigenvalue weighted by Crippen LogP contribution is 2.38. The van der Waals surface area contributed by atoms with E-state index in [0.717, 1.165) is 32.3 Å². The van der Waals surface area contributed by atoms with Gasteiger partial charge in [-0.05, 0) is 48.2 Å². The molecule has 1 aliphatic rings. The molecule has 4 aromatic rings. The predicted molar refractivity (Wildman–Crippen MR) is 150 cm³/mol. The highest BCUT2D eigenvalue weighted by molar-refractivity contribution is 7.91. The van der Waals surface area contributed by atoms with Gasteiger partial charge in [-0.3, -0.25) is 4.79 Å². The lowest BCUT2D eigenvalue weighted by molar-refractivity contribution is 0.0686. The van der Waals surface area contributed by atoms with Crippen LogP contribution in [-0.2, 0) is 16.4 Å². The van der Waals surface area contributed by atoms with E-state index >= 15 is 0 Å². The monoisotopic (exact) mass is 577 g/mol. The van der Waals surface area contributed by atoms with E-state index in [1.165, 1.54) is 11.3 Å². The Morgan fingerprint density at radius 1 is 1.03 bits per heavy atom.